The van der Waals surface area contributed by atoms with E-state index in [4.69, 9.17) is 18.9 Å². The number of nitro benzene ring substituents is 2. The van der Waals surface area contributed by atoms with Crippen molar-refractivity contribution >= 4 is 35.5 Å². The molecule has 0 aliphatic rings. The summed E-state index contributed by atoms with van der Waals surface area (Å²) in [4.78, 5) is 71.8. The van der Waals surface area contributed by atoms with E-state index in [1.165, 1.54) is 48.5 Å². The molecule has 4 aromatic rings. The van der Waals surface area contributed by atoms with Crippen molar-refractivity contribution in [2.24, 2.45) is 0 Å². The maximum Gasteiger partial charge on any atom is 0.407 e. The minimum Gasteiger partial charge on any atom is -0.449 e. The van der Waals surface area contributed by atoms with E-state index in [0.29, 0.717) is 11.1 Å². The molecular formula is C35H32N4O12. The number of esters is 2. The third-order valence-corrected chi connectivity index (χ3v) is 7.01. The van der Waals surface area contributed by atoms with Crippen molar-refractivity contribution in [2.45, 2.75) is 31.3 Å². The third kappa shape index (κ3) is 12.3. The van der Waals surface area contributed by atoms with Gasteiger partial charge >= 0.3 is 24.1 Å². The average Bonchev–Trinajstić information content (AvgIpc) is 3.12. The Morgan fingerprint density at radius 2 is 0.902 bits per heavy atom. The van der Waals surface area contributed by atoms with Crippen LogP contribution in [0.4, 0.5) is 21.0 Å². The van der Waals surface area contributed by atoms with Crippen LogP contribution in [0, 0.1) is 20.2 Å². The van der Waals surface area contributed by atoms with Gasteiger partial charge in [0.15, 0.2) is 0 Å². The number of ether oxygens (including phenoxy) is 4. The summed E-state index contributed by atoms with van der Waals surface area (Å²) in [6.07, 6.45) is -1.71. The molecule has 0 radical (unpaired) electrons. The van der Waals surface area contributed by atoms with Crippen LogP contribution in [0.25, 0.3) is 0 Å². The maximum atomic E-state index is 13.0. The molecule has 0 saturated heterocycles. The third-order valence-electron chi connectivity index (χ3n) is 7.01. The number of non-ortho nitro benzene ring substituents is 2. The predicted molar refractivity (Wildman–Crippen MR) is 179 cm³/mol. The molecule has 0 aliphatic heterocycles. The zero-order valence-corrected chi connectivity index (χ0v) is 26.9. The lowest BCUT2D eigenvalue weighted by atomic mass is 10.1. The summed E-state index contributed by atoms with van der Waals surface area (Å²) in [6.45, 7) is -0.408. The normalized spacial score (nSPS) is 11.6. The van der Waals surface area contributed by atoms with Crippen LogP contribution >= 0.6 is 0 Å². The van der Waals surface area contributed by atoms with Gasteiger partial charge in [0.05, 0.1) is 23.1 Å². The fourth-order valence-corrected chi connectivity index (χ4v) is 4.49. The Kier molecular flexibility index (Phi) is 13.5. The number of hydrogen-bond acceptors (Lipinski definition) is 12. The first kappa shape index (κ1) is 37.0. The van der Waals surface area contributed by atoms with Crippen molar-refractivity contribution in [2.75, 3.05) is 13.2 Å². The number of carbonyl (C=O) groups excluding carboxylic acids is 4. The highest BCUT2D eigenvalue weighted by Gasteiger charge is 2.26. The van der Waals surface area contributed by atoms with Crippen molar-refractivity contribution in [3.05, 3.63) is 141 Å². The summed E-state index contributed by atoms with van der Waals surface area (Å²) in [5.41, 5.74) is 1.05. The van der Waals surface area contributed by atoms with E-state index < -0.39 is 46.1 Å². The van der Waals surface area contributed by atoms with Gasteiger partial charge < -0.3 is 29.6 Å². The molecule has 2 amide bonds. The van der Waals surface area contributed by atoms with Crippen molar-refractivity contribution in [1.82, 2.24) is 10.6 Å². The molecule has 0 fully saturated rings. The first-order valence-electron chi connectivity index (χ1n) is 15.4. The highest BCUT2D eigenvalue weighted by molar-refractivity contribution is 5.84. The molecule has 264 valence electrons. The van der Waals surface area contributed by atoms with Crippen molar-refractivity contribution in [1.29, 1.82) is 0 Å². The summed E-state index contributed by atoms with van der Waals surface area (Å²) in [5, 5.41) is 26.7. The van der Waals surface area contributed by atoms with Crippen molar-refractivity contribution in [3.8, 4) is 11.5 Å². The monoisotopic (exact) mass is 700 g/mol. The van der Waals surface area contributed by atoms with Gasteiger partial charge in [0.2, 0.25) is 0 Å². The van der Waals surface area contributed by atoms with E-state index in [-0.39, 0.29) is 55.4 Å². The second kappa shape index (κ2) is 18.6. The molecule has 0 aliphatic carbocycles. The van der Waals surface area contributed by atoms with Gasteiger partial charge in [-0.25, -0.2) is 19.2 Å². The molecule has 0 spiro atoms. The molecule has 2 atom stereocenters. The summed E-state index contributed by atoms with van der Waals surface area (Å²) in [6, 6.07) is 25.0. The molecule has 0 bridgehead atoms. The number of rotatable bonds is 16. The van der Waals surface area contributed by atoms with Gasteiger partial charge in [0.1, 0.15) is 23.6 Å². The number of alkyl carbamates (subject to hydrolysis) is 2. The van der Waals surface area contributed by atoms with E-state index in [9.17, 15) is 39.4 Å². The van der Waals surface area contributed by atoms with E-state index in [1.54, 1.807) is 60.7 Å². The van der Waals surface area contributed by atoms with Gasteiger partial charge in [-0.1, -0.05) is 60.7 Å². The predicted octanol–water partition coefficient (Wildman–Crippen LogP) is 5.08. The molecule has 4 rings (SSSR count). The molecule has 16 nitrogen and oxygen atoms in total. The zero-order valence-electron chi connectivity index (χ0n) is 26.9. The highest BCUT2D eigenvalue weighted by Crippen LogP contribution is 2.20. The molecule has 4 aromatic carbocycles. The summed E-state index contributed by atoms with van der Waals surface area (Å²) < 4.78 is 21.0. The second-order valence-electron chi connectivity index (χ2n) is 10.7. The van der Waals surface area contributed by atoms with E-state index >= 15 is 0 Å². The van der Waals surface area contributed by atoms with Gasteiger partial charge in [-0.05, 0) is 35.4 Å². The standard InChI is InChI=1S/C35H32N4O12/c40-32(50-28-16-12-26(13-17-28)38(44)45)30(22-24-8-3-1-4-9-24)36-34(42)48-20-7-21-49-35(43)37-31(23-25-10-5-2-6-11-25)33(41)51-29-18-14-27(15-19-29)39(46)47/h1-6,8-19,30-31H,7,20-23H2,(H,36,42)(H,37,43)/t30-,31-/m0/s1. The quantitative estimate of drug-likeness (QED) is 0.0515. The number of nitro groups is 2. The van der Waals surface area contributed by atoms with E-state index in [0.717, 1.165) is 0 Å². The van der Waals surface area contributed by atoms with Crippen molar-refractivity contribution < 1.29 is 48.0 Å². The topological polar surface area (TPSA) is 216 Å². The first-order valence-corrected chi connectivity index (χ1v) is 15.4. The highest BCUT2D eigenvalue weighted by atomic mass is 16.6. The summed E-state index contributed by atoms with van der Waals surface area (Å²) >= 11 is 0. The molecular weight excluding hydrogens is 668 g/mol. The number of carbonyl (C=O) groups is 4. The fraction of sp³-hybridized carbons (Fsp3) is 0.200. The van der Waals surface area contributed by atoms with E-state index in [1.807, 2.05) is 0 Å². The number of amides is 2. The summed E-state index contributed by atoms with van der Waals surface area (Å²) in [5.74, 6) is -1.58. The zero-order chi connectivity index (χ0) is 36.6. The minimum atomic E-state index is -1.18. The first-order chi connectivity index (χ1) is 24.6. The molecule has 51 heavy (non-hydrogen) atoms. The average molecular weight is 701 g/mol. The van der Waals surface area contributed by atoms with Crippen LogP contribution in [0.5, 0.6) is 11.5 Å². The molecule has 0 heterocycles. The Morgan fingerprint density at radius 3 is 1.24 bits per heavy atom. The van der Waals surface area contributed by atoms with Gasteiger partial charge in [-0.3, -0.25) is 20.2 Å². The Morgan fingerprint density at radius 1 is 0.549 bits per heavy atom. The van der Waals surface area contributed by atoms with Crippen LogP contribution in [0.3, 0.4) is 0 Å². The Bertz CT molecular complexity index is 1670. The fourth-order valence-electron chi connectivity index (χ4n) is 4.49. The number of benzene rings is 4. The summed E-state index contributed by atoms with van der Waals surface area (Å²) in [7, 11) is 0. The Labute approximate surface area is 290 Å². The van der Waals surface area contributed by atoms with Gasteiger partial charge in [-0.2, -0.15) is 0 Å². The van der Waals surface area contributed by atoms with Crippen LogP contribution in [0.15, 0.2) is 109 Å². The SMILES string of the molecule is O=C(N[C@@H](Cc1ccccc1)C(=O)Oc1ccc([N+](=O)[O-])cc1)OCCCOC(=O)N[C@@H](Cc1ccccc1)C(=O)Oc1ccc([N+](=O)[O-])cc1. The van der Waals surface area contributed by atoms with Crippen LogP contribution in [-0.4, -0.2) is 59.3 Å². The lowest BCUT2D eigenvalue weighted by Crippen LogP contribution is -2.45. The van der Waals surface area contributed by atoms with Gasteiger partial charge in [0.25, 0.3) is 11.4 Å². The molecule has 16 heteroatoms. The molecule has 2 N–H and O–H groups in total. The Hall–Kier alpha value is -6.84. The van der Waals surface area contributed by atoms with Crippen LogP contribution < -0.4 is 20.1 Å². The minimum absolute atomic E-state index is 0.0415. The van der Waals surface area contributed by atoms with Crippen LogP contribution in [0.1, 0.15) is 17.5 Å². The number of nitrogens with zero attached hydrogens (tertiary/aromatic N) is 2. The maximum absolute atomic E-state index is 13.0. The lowest BCUT2D eigenvalue weighted by molar-refractivity contribution is -0.385. The smallest absolute Gasteiger partial charge is 0.407 e. The van der Waals surface area contributed by atoms with Crippen LogP contribution in [0.2, 0.25) is 0 Å². The molecule has 0 unspecified atom stereocenters. The Balaban J connectivity index is 1.26. The van der Waals surface area contributed by atoms with E-state index in [2.05, 4.69) is 10.6 Å². The van der Waals surface area contributed by atoms with Crippen LogP contribution in [-0.2, 0) is 31.9 Å². The molecule has 0 aromatic heterocycles. The lowest BCUT2D eigenvalue weighted by Gasteiger charge is -2.18. The van der Waals surface area contributed by atoms with Gasteiger partial charge in [0, 0.05) is 43.5 Å². The molecule has 0 saturated carbocycles. The van der Waals surface area contributed by atoms with Crippen molar-refractivity contribution in [3.63, 3.8) is 0 Å². The number of hydrogen-bond donors (Lipinski definition) is 2. The largest absolute Gasteiger partial charge is 0.449 e. The number of nitrogens with one attached hydrogen (secondary N) is 2. The van der Waals surface area contributed by atoms with Gasteiger partial charge in [-0.15, -0.1) is 0 Å². The second-order valence-corrected chi connectivity index (χ2v) is 10.7.